The van der Waals surface area contributed by atoms with Gasteiger partial charge in [0.2, 0.25) is 5.91 Å². The number of nitrogens with one attached hydrogen (secondary N) is 2. The van der Waals surface area contributed by atoms with E-state index in [-0.39, 0.29) is 24.4 Å². The van der Waals surface area contributed by atoms with Crippen molar-refractivity contribution >= 4 is 57.3 Å². The molecule has 1 atom stereocenters. The molecule has 4 rings (SSSR count). The molecule has 4 nitrogen and oxygen atoms in total. The maximum absolute atomic E-state index is 12.5. The van der Waals surface area contributed by atoms with E-state index in [9.17, 15) is 4.79 Å². The molecule has 0 aliphatic carbocycles. The molecular formula is C19H20ClN3OS2. The van der Waals surface area contributed by atoms with Gasteiger partial charge in [0.25, 0.3) is 0 Å². The van der Waals surface area contributed by atoms with Crippen molar-refractivity contribution in [2.75, 3.05) is 23.4 Å². The number of aromatic nitrogens is 1. The predicted octanol–water partition coefficient (Wildman–Crippen LogP) is 4.42. The van der Waals surface area contributed by atoms with E-state index in [0.717, 1.165) is 44.5 Å². The summed E-state index contributed by atoms with van der Waals surface area (Å²) in [7, 11) is 0. The molecular weight excluding hydrogens is 386 g/mol. The lowest BCUT2D eigenvalue weighted by atomic mass is 10.1. The van der Waals surface area contributed by atoms with Crippen molar-refractivity contribution in [1.82, 2.24) is 10.3 Å². The Morgan fingerprint density at radius 3 is 2.81 bits per heavy atom. The van der Waals surface area contributed by atoms with E-state index in [2.05, 4.69) is 16.7 Å². The number of nitrogens with zero attached hydrogens (tertiary/aromatic N) is 1. The number of thioether (sulfide) groups is 1. The molecule has 2 heterocycles. The molecule has 1 aromatic heterocycles. The van der Waals surface area contributed by atoms with Crippen molar-refractivity contribution < 1.29 is 4.79 Å². The number of anilines is 1. The zero-order valence-electron chi connectivity index (χ0n) is 14.1. The van der Waals surface area contributed by atoms with Gasteiger partial charge in [0.05, 0.1) is 15.9 Å². The Morgan fingerprint density at radius 2 is 2.00 bits per heavy atom. The van der Waals surface area contributed by atoms with Crippen molar-refractivity contribution in [3.63, 3.8) is 0 Å². The molecule has 1 saturated heterocycles. The first-order valence-electron chi connectivity index (χ1n) is 8.35. The standard InChI is InChI=1S/C19H19N3OS2.ClH/c23-18(11-13-12-24-10-9-20-13)21-15-6-2-1-5-14(15)19-22-16-7-3-4-8-17(16)25-19;/h1-8,13,20H,9-12H2,(H,21,23);1H. The zero-order chi connectivity index (χ0) is 17.1. The Hall–Kier alpha value is -1.60. The molecule has 1 amide bonds. The lowest BCUT2D eigenvalue weighted by molar-refractivity contribution is -0.116. The number of benzene rings is 2. The van der Waals surface area contributed by atoms with Crippen molar-refractivity contribution in [2.45, 2.75) is 12.5 Å². The topological polar surface area (TPSA) is 54.0 Å². The van der Waals surface area contributed by atoms with E-state index in [0.29, 0.717) is 6.42 Å². The van der Waals surface area contributed by atoms with E-state index in [1.165, 1.54) is 0 Å². The van der Waals surface area contributed by atoms with Gasteiger partial charge in [-0.15, -0.1) is 23.7 Å². The van der Waals surface area contributed by atoms with Crippen LogP contribution in [0.1, 0.15) is 6.42 Å². The van der Waals surface area contributed by atoms with Gasteiger partial charge in [0, 0.05) is 36.1 Å². The fraction of sp³-hybridized carbons (Fsp3) is 0.263. The third-order valence-electron chi connectivity index (χ3n) is 4.16. The number of thiazole rings is 1. The van der Waals surface area contributed by atoms with Crippen molar-refractivity contribution in [1.29, 1.82) is 0 Å². The zero-order valence-corrected chi connectivity index (χ0v) is 16.6. The molecule has 1 aliphatic heterocycles. The smallest absolute Gasteiger partial charge is 0.225 e. The second kappa shape index (κ2) is 8.86. The summed E-state index contributed by atoms with van der Waals surface area (Å²) < 4.78 is 1.15. The van der Waals surface area contributed by atoms with E-state index < -0.39 is 0 Å². The van der Waals surface area contributed by atoms with Gasteiger partial charge >= 0.3 is 0 Å². The molecule has 2 N–H and O–H groups in total. The summed E-state index contributed by atoms with van der Waals surface area (Å²) in [5, 5.41) is 7.42. The van der Waals surface area contributed by atoms with Crippen LogP contribution >= 0.6 is 35.5 Å². The number of hydrogen-bond donors (Lipinski definition) is 2. The first-order chi connectivity index (χ1) is 12.3. The summed E-state index contributed by atoms with van der Waals surface area (Å²) >= 11 is 3.55. The van der Waals surface area contributed by atoms with E-state index in [1.807, 2.05) is 54.2 Å². The average molecular weight is 406 g/mol. The molecule has 2 aromatic carbocycles. The largest absolute Gasteiger partial charge is 0.325 e. The number of para-hydroxylation sites is 2. The van der Waals surface area contributed by atoms with Crippen LogP contribution < -0.4 is 10.6 Å². The van der Waals surface area contributed by atoms with E-state index in [1.54, 1.807) is 11.3 Å². The molecule has 0 radical (unpaired) electrons. The first kappa shape index (κ1) is 19.2. The van der Waals surface area contributed by atoms with Crippen LogP contribution in [-0.4, -0.2) is 35.0 Å². The Bertz CT molecular complexity index is 860. The van der Waals surface area contributed by atoms with Crippen LogP contribution in [0.5, 0.6) is 0 Å². The maximum Gasteiger partial charge on any atom is 0.225 e. The first-order valence-corrected chi connectivity index (χ1v) is 10.3. The fourth-order valence-corrected chi connectivity index (χ4v) is 4.90. The molecule has 26 heavy (non-hydrogen) atoms. The summed E-state index contributed by atoms with van der Waals surface area (Å²) in [4.78, 5) is 17.2. The van der Waals surface area contributed by atoms with Gasteiger partial charge in [-0.1, -0.05) is 24.3 Å². The predicted molar refractivity (Wildman–Crippen MR) is 115 cm³/mol. The highest BCUT2D eigenvalue weighted by molar-refractivity contribution is 7.99. The van der Waals surface area contributed by atoms with Crippen LogP contribution in [-0.2, 0) is 4.79 Å². The van der Waals surface area contributed by atoms with Crippen LogP contribution in [0.2, 0.25) is 0 Å². The minimum absolute atomic E-state index is 0. The number of carbonyl (C=O) groups excluding carboxylic acids is 1. The van der Waals surface area contributed by atoms with Crippen LogP contribution in [0.3, 0.4) is 0 Å². The van der Waals surface area contributed by atoms with Crippen LogP contribution in [0.4, 0.5) is 5.69 Å². The molecule has 7 heteroatoms. The highest BCUT2D eigenvalue weighted by Crippen LogP contribution is 2.34. The van der Waals surface area contributed by atoms with Gasteiger partial charge in [-0.25, -0.2) is 4.98 Å². The van der Waals surface area contributed by atoms with Crippen LogP contribution in [0.25, 0.3) is 20.8 Å². The van der Waals surface area contributed by atoms with Gasteiger partial charge in [-0.3, -0.25) is 4.79 Å². The summed E-state index contributed by atoms with van der Waals surface area (Å²) in [6, 6.07) is 16.3. The molecule has 0 saturated carbocycles. The number of hydrogen-bond acceptors (Lipinski definition) is 5. The summed E-state index contributed by atoms with van der Waals surface area (Å²) in [5.41, 5.74) is 2.80. The molecule has 0 bridgehead atoms. The summed E-state index contributed by atoms with van der Waals surface area (Å²) in [6.07, 6.45) is 0.501. The maximum atomic E-state index is 12.5. The molecule has 136 valence electrons. The quantitative estimate of drug-likeness (QED) is 0.674. The van der Waals surface area contributed by atoms with E-state index >= 15 is 0 Å². The monoisotopic (exact) mass is 405 g/mol. The minimum Gasteiger partial charge on any atom is -0.325 e. The lowest BCUT2D eigenvalue weighted by Gasteiger charge is -2.22. The summed E-state index contributed by atoms with van der Waals surface area (Å²) in [5.74, 6) is 2.17. The van der Waals surface area contributed by atoms with Crippen LogP contribution in [0.15, 0.2) is 48.5 Å². The second-order valence-electron chi connectivity index (χ2n) is 6.01. The summed E-state index contributed by atoms with van der Waals surface area (Å²) in [6.45, 7) is 0.977. The van der Waals surface area contributed by atoms with E-state index in [4.69, 9.17) is 4.98 Å². The molecule has 1 fully saturated rings. The SMILES string of the molecule is Cl.O=C(CC1CSCCN1)Nc1ccccc1-c1nc2ccccc2s1. The highest BCUT2D eigenvalue weighted by atomic mass is 35.5. The molecule has 1 unspecified atom stereocenters. The molecule has 1 aliphatic rings. The Kier molecular flexibility index (Phi) is 6.53. The highest BCUT2D eigenvalue weighted by Gasteiger charge is 2.18. The minimum atomic E-state index is 0. The van der Waals surface area contributed by atoms with Crippen LogP contribution in [0, 0.1) is 0 Å². The van der Waals surface area contributed by atoms with Gasteiger partial charge in [-0.05, 0) is 24.3 Å². The average Bonchev–Trinajstić information content (AvgIpc) is 3.07. The van der Waals surface area contributed by atoms with Gasteiger partial charge < -0.3 is 10.6 Å². The Labute approximate surface area is 167 Å². The third kappa shape index (κ3) is 4.38. The number of amides is 1. The third-order valence-corrected chi connectivity index (χ3v) is 6.36. The molecule has 3 aromatic rings. The number of halogens is 1. The van der Waals surface area contributed by atoms with Crippen molar-refractivity contribution in [3.8, 4) is 10.6 Å². The number of carbonyl (C=O) groups is 1. The number of fused-ring (bicyclic) bond motifs is 1. The molecule has 0 spiro atoms. The van der Waals surface area contributed by atoms with Gasteiger partial charge in [-0.2, -0.15) is 11.8 Å². The Morgan fingerprint density at radius 1 is 1.19 bits per heavy atom. The Balaban J connectivity index is 0.00000196. The second-order valence-corrected chi connectivity index (χ2v) is 8.19. The van der Waals surface area contributed by atoms with Gasteiger partial charge in [0.1, 0.15) is 5.01 Å². The van der Waals surface area contributed by atoms with Crippen molar-refractivity contribution in [3.05, 3.63) is 48.5 Å². The lowest BCUT2D eigenvalue weighted by Crippen LogP contribution is -2.39. The normalized spacial score (nSPS) is 16.8. The van der Waals surface area contributed by atoms with Gasteiger partial charge in [0.15, 0.2) is 0 Å². The number of rotatable bonds is 4. The fourth-order valence-electron chi connectivity index (χ4n) is 2.94. The van der Waals surface area contributed by atoms with Crippen molar-refractivity contribution in [2.24, 2.45) is 0 Å².